The Morgan fingerprint density at radius 2 is 1.90 bits per heavy atom. The largest absolute Gasteiger partial charge is 0.478 e. The Labute approximate surface area is 172 Å². The minimum absolute atomic E-state index is 0.143. The Morgan fingerprint density at radius 3 is 2.55 bits per heavy atom. The van der Waals surface area contributed by atoms with E-state index in [-0.39, 0.29) is 17.2 Å². The fourth-order valence-corrected chi connectivity index (χ4v) is 3.48. The van der Waals surface area contributed by atoms with Gasteiger partial charge in [0.1, 0.15) is 0 Å². The molecule has 2 aromatic carbocycles. The van der Waals surface area contributed by atoms with Gasteiger partial charge in [0.25, 0.3) is 0 Å². The highest BCUT2D eigenvalue weighted by molar-refractivity contribution is 7.99. The molecule has 0 unspecified atom stereocenters. The molecule has 1 amide bonds. The van der Waals surface area contributed by atoms with Crippen molar-refractivity contribution in [3.8, 4) is 11.4 Å². The second-order valence-corrected chi connectivity index (χ2v) is 7.18. The first-order valence-corrected chi connectivity index (χ1v) is 9.84. The lowest BCUT2D eigenvalue weighted by Gasteiger charge is -2.09. The number of carbonyl (C=O) groups excluding carboxylic acids is 1. The zero-order chi connectivity index (χ0) is 20.8. The number of carboxylic acid groups (broad SMARTS) is 1. The normalized spacial score (nSPS) is 10.5. The van der Waals surface area contributed by atoms with E-state index in [0.29, 0.717) is 17.4 Å². The Kier molecular flexibility index (Phi) is 6.46. The third-order valence-electron chi connectivity index (χ3n) is 4.16. The van der Waals surface area contributed by atoms with Crippen LogP contribution >= 0.6 is 11.8 Å². The Balaban J connectivity index is 1.70. The van der Waals surface area contributed by atoms with E-state index in [1.54, 1.807) is 18.2 Å². The lowest BCUT2D eigenvalue weighted by Crippen LogP contribution is -2.14. The van der Waals surface area contributed by atoms with Crippen molar-refractivity contribution in [3.63, 3.8) is 0 Å². The van der Waals surface area contributed by atoms with Gasteiger partial charge in [-0.25, -0.2) is 4.79 Å². The number of benzene rings is 2. The average molecular weight is 408 g/mol. The lowest BCUT2D eigenvalue weighted by atomic mass is 10.1. The summed E-state index contributed by atoms with van der Waals surface area (Å²) in [5.41, 5.74) is 2.77. The third-order valence-corrected chi connectivity index (χ3v) is 5.13. The third kappa shape index (κ3) is 4.91. The topological polar surface area (TPSA) is 97.1 Å². The molecule has 0 saturated carbocycles. The van der Waals surface area contributed by atoms with Crippen molar-refractivity contribution in [2.75, 3.05) is 11.1 Å². The van der Waals surface area contributed by atoms with Crippen LogP contribution in [0.3, 0.4) is 0 Å². The number of amides is 1. The van der Waals surface area contributed by atoms with E-state index in [1.807, 2.05) is 35.8 Å². The molecule has 1 heterocycles. The number of hydrogen-bond donors (Lipinski definition) is 2. The second kappa shape index (κ2) is 9.20. The molecule has 0 fully saturated rings. The molecule has 3 rings (SSSR count). The van der Waals surface area contributed by atoms with Gasteiger partial charge in [0.05, 0.1) is 11.3 Å². The fourth-order valence-electron chi connectivity index (χ4n) is 2.74. The van der Waals surface area contributed by atoms with Gasteiger partial charge in [-0.3, -0.25) is 9.36 Å². The van der Waals surface area contributed by atoms with Crippen LogP contribution in [-0.2, 0) is 11.3 Å². The van der Waals surface area contributed by atoms with Crippen LogP contribution in [0.1, 0.15) is 15.9 Å². The summed E-state index contributed by atoms with van der Waals surface area (Å²) in [5.74, 6) is -0.354. The minimum Gasteiger partial charge on any atom is -0.478 e. The monoisotopic (exact) mass is 408 g/mol. The van der Waals surface area contributed by atoms with Crippen LogP contribution in [-0.4, -0.2) is 37.5 Å². The SMILES string of the molecule is C=CCn1c(SCC(=O)Nc2ccc(C(=O)O)cc2)nnc1-c1ccccc1C. The summed E-state index contributed by atoms with van der Waals surface area (Å²) in [6.07, 6.45) is 1.76. The molecule has 2 N–H and O–H groups in total. The minimum atomic E-state index is -1.01. The molecular weight excluding hydrogens is 388 g/mol. The van der Waals surface area contributed by atoms with Gasteiger partial charge in [-0.1, -0.05) is 42.1 Å². The summed E-state index contributed by atoms with van der Waals surface area (Å²) >= 11 is 1.28. The first-order chi connectivity index (χ1) is 14.0. The van der Waals surface area contributed by atoms with Crippen LogP contribution in [0.15, 0.2) is 66.3 Å². The highest BCUT2D eigenvalue weighted by Crippen LogP contribution is 2.26. The number of anilines is 1. The zero-order valence-electron chi connectivity index (χ0n) is 15.8. The van der Waals surface area contributed by atoms with E-state index in [0.717, 1.165) is 17.0 Å². The molecule has 0 saturated heterocycles. The maximum atomic E-state index is 12.3. The molecule has 0 aliphatic carbocycles. The molecule has 0 aliphatic rings. The maximum Gasteiger partial charge on any atom is 0.335 e. The van der Waals surface area contributed by atoms with Gasteiger partial charge in [0, 0.05) is 17.8 Å². The van der Waals surface area contributed by atoms with E-state index < -0.39 is 5.97 Å². The smallest absolute Gasteiger partial charge is 0.335 e. The summed E-state index contributed by atoms with van der Waals surface area (Å²) in [6, 6.07) is 13.9. The predicted molar refractivity (Wildman–Crippen MR) is 113 cm³/mol. The van der Waals surface area contributed by atoms with Crippen molar-refractivity contribution in [2.45, 2.75) is 18.6 Å². The number of aromatic carboxylic acids is 1. The number of allylic oxidation sites excluding steroid dienone is 1. The van der Waals surface area contributed by atoms with Gasteiger partial charge in [0.15, 0.2) is 11.0 Å². The van der Waals surface area contributed by atoms with Gasteiger partial charge in [-0.15, -0.1) is 16.8 Å². The van der Waals surface area contributed by atoms with Crippen LogP contribution in [0.2, 0.25) is 0 Å². The van der Waals surface area contributed by atoms with Gasteiger partial charge in [-0.2, -0.15) is 0 Å². The summed E-state index contributed by atoms with van der Waals surface area (Å²) in [5, 5.41) is 20.9. The number of thioether (sulfide) groups is 1. The van der Waals surface area contributed by atoms with Gasteiger partial charge < -0.3 is 10.4 Å². The van der Waals surface area contributed by atoms with Crippen molar-refractivity contribution in [1.82, 2.24) is 14.8 Å². The molecule has 0 aliphatic heterocycles. The molecule has 0 bridgehead atoms. The maximum absolute atomic E-state index is 12.3. The first kappa shape index (κ1) is 20.3. The van der Waals surface area contributed by atoms with Crippen LogP contribution in [0.5, 0.6) is 0 Å². The summed E-state index contributed by atoms with van der Waals surface area (Å²) in [6.45, 7) is 6.33. The van der Waals surface area contributed by atoms with E-state index in [2.05, 4.69) is 22.1 Å². The molecule has 0 radical (unpaired) electrons. The number of aromatic nitrogens is 3. The summed E-state index contributed by atoms with van der Waals surface area (Å²) in [7, 11) is 0. The van der Waals surface area contributed by atoms with Crippen molar-refractivity contribution in [2.24, 2.45) is 0 Å². The Bertz CT molecular complexity index is 1040. The zero-order valence-corrected chi connectivity index (χ0v) is 16.6. The lowest BCUT2D eigenvalue weighted by molar-refractivity contribution is -0.113. The molecular formula is C21H20N4O3S. The van der Waals surface area contributed by atoms with E-state index in [1.165, 1.54) is 23.9 Å². The molecule has 1 aromatic heterocycles. The van der Waals surface area contributed by atoms with Crippen LogP contribution in [0.4, 0.5) is 5.69 Å². The van der Waals surface area contributed by atoms with Gasteiger partial charge >= 0.3 is 5.97 Å². The average Bonchev–Trinajstić information content (AvgIpc) is 3.10. The van der Waals surface area contributed by atoms with Gasteiger partial charge in [0.2, 0.25) is 5.91 Å². The van der Waals surface area contributed by atoms with Crippen LogP contribution < -0.4 is 5.32 Å². The molecule has 3 aromatic rings. The number of hydrogen-bond acceptors (Lipinski definition) is 5. The van der Waals surface area contributed by atoms with Crippen molar-refractivity contribution < 1.29 is 14.7 Å². The molecule has 8 heteroatoms. The number of rotatable bonds is 8. The number of nitrogens with zero attached hydrogens (tertiary/aromatic N) is 3. The Hall–Kier alpha value is -3.39. The van der Waals surface area contributed by atoms with Crippen molar-refractivity contribution in [1.29, 1.82) is 0 Å². The predicted octanol–water partition coefficient (Wildman–Crippen LogP) is 3.87. The second-order valence-electron chi connectivity index (χ2n) is 6.24. The first-order valence-electron chi connectivity index (χ1n) is 8.85. The van der Waals surface area contributed by atoms with Crippen LogP contribution in [0.25, 0.3) is 11.4 Å². The molecule has 29 heavy (non-hydrogen) atoms. The molecule has 7 nitrogen and oxygen atoms in total. The van der Waals surface area contributed by atoms with E-state index in [4.69, 9.17) is 5.11 Å². The van der Waals surface area contributed by atoms with E-state index in [9.17, 15) is 9.59 Å². The standard InChI is InChI=1S/C21H20N4O3S/c1-3-12-25-19(17-7-5-4-6-14(17)2)23-24-21(25)29-13-18(26)22-16-10-8-15(9-11-16)20(27)28/h3-11H,1,12-13H2,2H3,(H,22,26)(H,27,28). The number of carboxylic acids is 1. The number of carbonyl (C=O) groups is 2. The van der Waals surface area contributed by atoms with Crippen LogP contribution in [0, 0.1) is 6.92 Å². The molecule has 148 valence electrons. The quantitative estimate of drug-likeness (QED) is 0.434. The van der Waals surface area contributed by atoms with Crippen molar-refractivity contribution in [3.05, 3.63) is 72.3 Å². The number of nitrogens with one attached hydrogen (secondary N) is 1. The fraction of sp³-hybridized carbons (Fsp3) is 0.143. The number of aryl methyl sites for hydroxylation is 1. The Morgan fingerprint density at radius 1 is 1.17 bits per heavy atom. The van der Waals surface area contributed by atoms with E-state index >= 15 is 0 Å². The van der Waals surface area contributed by atoms with Gasteiger partial charge in [-0.05, 0) is 36.8 Å². The molecule has 0 spiro atoms. The summed E-state index contributed by atoms with van der Waals surface area (Å²) < 4.78 is 1.93. The van der Waals surface area contributed by atoms with Crippen molar-refractivity contribution >= 4 is 29.3 Å². The highest BCUT2D eigenvalue weighted by atomic mass is 32.2. The summed E-state index contributed by atoms with van der Waals surface area (Å²) in [4.78, 5) is 23.2. The highest BCUT2D eigenvalue weighted by Gasteiger charge is 2.16. The molecule has 0 atom stereocenters.